The topological polar surface area (TPSA) is 51.9 Å². The summed E-state index contributed by atoms with van der Waals surface area (Å²) in [5.74, 6) is 0.685. The second kappa shape index (κ2) is 8.13. The first-order valence-corrected chi connectivity index (χ1v) is 9.78. The molecular weight excluding hydrogens is 366 g/mol. The third-order valence-electron chi connectivity index (χ3n) is 5.35. The first kappa shape index (κ1) is 19.3. The zero-order valence-corrected chi connectivity index (χ0v) is 17.0. The molecule has 1 aromatic heterocycles. The molecule has 2 heterocycles. The fourth-order valence-corrected chi connectivity index (χ4v) is 3.63. The second-order valence-electron chi connectivity index (χ2n) is 7.33. The number of aryl methyl sites for hydroxylation is 1. The van der Waals surface area contributed by atoms with Crippen LogP contribution in [0.1, 0.15) is 18.1 Å². The minimum absolute atomic E-state index is 0.00102. The molecule has 0 radical (unpaired) electrons. The van der Waals surface area contributed by atoms with Gasteiger partial charge in [0.05, 0.1) is 26.6 Å². The molecule has 3 aromatic rings. The van der Waals surface area contributed by atoms with Crippen LogP contribution in [0.3, 0.4) is 0 Å². The zero-order valence-electron chi connectivity index (χ0n) is 17.0. The quantitative estimate of drug-likeness (QED) is 0.606. The largest absolute Gasteiger partial charge is 0.496 e. The van der Waals surface area contributed by atoms with Crippen molar-refractivity contribution in [3.8, 4) is 16.9 Å². The Morgan fingerprint density at radius 1 is 1.14 bits per heavy atom. The molecule has 2 aromatic carbocycles. The van der Waals surface area contributed by atoms with E-state index in [1.165, 1.54) is 5.56 Å². The Morgan fingerprint density at radius 3 is 2.55 bits per heavy atom. The molecule has 0 aliphatic carbocycles. The van der Waals surface area contributed by atoms with Crippen molar-refractivity contribution in [2.45, 2.75) is 13.8 Å². The van der Waals surface area contributed by atoms with Gasteiger partial charge in [-0.1, -0.05) is 29.8 Å². The third kappa shape index (κ3) is 3.91. The Hall–Kier alpha value is -3.05. The van der Waals surface area contributed by atoms with Crippen LogP contribution in [-0.2, 0) is 9.53 Å². The molecule has 1 saturated heterocycles. The standard InChI is InChI=1S/C24H25NO4/c1-16-4-6-18(7-5-16)21-15-29-23-14-22(27-3)19(13-20(21)23)17(2)12-24(26)25-8-10-28-11-9-25/h4-7,12-15H,8-11H2,1-3H3/b17-12+. The molecule has 5 heteroatoms. The van der Waals surface area contributed by atoms with E-state index in [4.69, 9.17) is 13.9 Å². The van der Waals surface area contributed by atoms with Crippen LogP contribution in [0.25, 0.3) is 27.7 Å². The molecule has 0 unspecified atom stereocenters. The maximum absolute atomic E-state index is 12.7. The minimum Gasteiger partial charge on any atom is -0.496 e. The number of rotatable bonds is 4. The van der Waals surface area contributed by atoms with E-state index >= 15 is 0 Å². The van der Waals surface area contributed by atoms with Gasteiger partial charge in [-0.05, 0) is 31.1 Å². The highest BCUT2D eigenvalue weighted by Gasteiger charge is 2.18. The van der Waals surface area contributed by atoms with Crippen LogP contribution < -0.4 is 4.74 Å². The van der Waals surface area contributed by atoms with Crippen LogP contribution in [-0.4, -0.2) is 44.2 Å². The van der Waals surface area contributed by atoms with E-state index in [0.29, 0.717) is 32.1 Å². The van der Waals surface area contributed by atoms with Gasteiger partial charge >= 0.3 is 0 Å². The van der Waals surface area contributed by atoms with Gasteiger partial charge < -0.3 is 18.8 Å². The highest BCUT2D eigenvalue weighted by molar-refractivity contribution is 6.00. The van der Waals surface area contributed by atoms with Crippen LogP contribution in [0.4, 0.5) is 0 Å². The third-order valence-corrected chi connectivity index (χ3v) is 5.35. The monoisotopic (exact) mass is 391 g/mol. The number of nitrogens with zero attached hydrogens (tertiary/aromatic N) is 1. The normalized spacial score (nSPS) is 15.0. The summed E-state index contributed by atoms with van der Waals surface area (Å²) in [5.41, 5.74) is 5.83. The molecule has 4 rings (SSSR count). The van der Waals surface area contributed by atoms with Crippen LogP contribution in [0.15, 0.2) is 53.2 Å². The number of ether oxygens (including phenoxy) is 2. The summed E-state index contributed by atoms with van der Waals surface area (Å²) >= 11 is 0. The van der Waals surface area contributed by atoms with Gasteiger partial charge in [-0.25, -0.2) is 0 Å². The Bertz CT molecular complexity index is 1060. The molecule has 1 fully saturated rings. The second-order valence-corrected chi connectivity index (χ2v) is 7.33. The molecule has 150 valence electrons. The molecule has 0 spiro atoms. The molecule has 1 aliphatic heterocycles. The van der Waals surface area contributed by atoms with Gasteiger partial charge in [-0.3, -0.25) is 4.79 Å². The van der Waals surface area contributed by atoms with Crippen molar-refractivity contribution in [2.24, 2.45) is 0 Å². The van der Waals surface area contributed by atoms with E-state index in [2.05, 4.69) is 31.2 Å². The smallest absolute Gasteiger partial charge is 0.247 e. The van der Waals surface area contributed by atoms with Gasteiger partial charge in [0.1, 0.15) is 11.3 Å². The highest BCUT2D eigenvalue weighted by Crippen LogP contribution is 2.37. The number of hydrogen-bond donors (Lipinski definition) is 0. The number of carbonyl (C=O) groups is 1. The van der Waals surface area contributed by atoms with Gasteiger partial charge in [0.15, 0.2) is 0 Å². The molecule has 0 saturated carbocycles. The Balaban J connectivity index is 1.74. The number of fused-ring (bicyclic) bond motifs is 1. The average molecular weight is 391 g/mol. The van der Waals surface area contributed by atoms with Crippen molar-refractivity contribution in [1.29, 1.82) is 0 Å². The lowest BCUT2D eigenvalue weighted by molar-refractivity contribution is -0.129. The van der Waals surface area contributed by atoms with Crippen molar-refractivity contribution < 1.29 is 18.7 Å². The van der Waals surface area contributed by atoms with Gasteiger partial charge in [0.25, 0.3) is 0 Å². The summed E-state index contributed by atoms with van der Waals surface area (Å²) in [4.78, 5) is 14.5. The number of methoxy groups -OCH3 is 1. The van der Waals surface area contributed by atoms with Gasteiger partial charge in [0, 0.05) is 41.7 Å². The summed E-state index contributed by atoms with van der Waals surface area (Å²) in [7, 11) is 1.63. The molecule has 0 bridgehead atoms. The Kier molecular flexibility index (Phi) is 5.41. The molecule has 5 nitrogen and oxygen atoms in total. The molecular formula is C24H25NO4. The van der Waals surface area contributed by atoms with Gasteiger partial charge in [0.2, 0.25) is 5.91 Å². The van der Waals surface area contributed by atoms with Gasteiger partial charge in [-0.15, -0.1) is 0 Å². The fraction of sp³-hybridized carbons (Fsp3) is 0.292. The number of hydrogen-bond acceptors (Lipinski definition) is 4. The summed E-state index contributed by atoms with van der Waals surface area (Å²) in [5, 5.41) is 0.997. The fourth-order valence-electron chi connectivity index (χ4n) is 3.63. The highest BCUT2D eigenvalue weighted by atomic mass is 16.5. The minimum atomic E-state index is -0.00102. The lowest BCUT2D eigenvalue weighted by Gasteiger charge is -2.26. The van der Waals surface area contributed by atoms with E-state index < -0.39 is 0 Å². The molecule has 0 N–H and O–H groups in total. The molecule has 0 atom stereocenters. The van der Waals surface area contributed by atoms with Crippen molar-refractivity contribution in [3.63, 3.8) is 0 Å². The summed E-state index contributed by atoms with van der Waals surface area (Å²) < 4.78 is 16.7. The summed E-state index contributed by atoms with van der Waals surface area (Å²) in [6, 6.07) is 12.3. The van der Waals surface area contributed by atoms with Crippen LogP contribution in [0.5, 0.6) is 5.75 Å². The summed E-state index contributed by atoms with van der Waals surface area (Å²) in [6.45, 7) is 6.43. The first-order valence-electron chi connectivity index (χ1n) is 9.78. The first-order chi connectivity index (χ1) is 14.1. The number of amides is 1. The van der Waals surface area contributed by atoms with Crippen molar-refractivity contribution >= 4 is 22.4 Å². The van der Waals surface area contributed by atoms with Crippen molar-refractivity contribution in [3.05, 3.63) is 59.9 Å². The number of benzene rings is 2. The molecule has 29 heavy (non-hydrogen) atoms. The van der Waals surface area contributed by atoms with Crippen molar-refractivity contribution in [1.82, 2.24) is 4.90 Å². The maximum Gasteiger partial charge on any atom is 0.247 e. The number of furan rings is 1. The average Bonchev–Trinajstić information content (AvgIpc) is 3.16. The van der Waals surface area contributed by atoms with E-state index in [9.17, 15) is 4.79 Å². The van der Waals surface area contributed by atoms with E-state index in [0.717, 1.165) is 33.2 Å². The lowest BCUT2D eigenvalue weighted by Crippen LogP contribution is -2.39. The Morgan fingerprint density at radius 2 is 1.86 bits per heavy atom. The molecule has 1 amide bonds. The zero-order chi connectivity index (χ0) is 20.4. The lowest BCUT2D eigenvalue weighted by atomic mass is 9.98. The SMILES string of the molecule is COc1cc2occ(-c3ccc(C)cc3)c2cc1/C(C)=C/C(=O)N1CCOCC1. The number of morpholine rings is 1. The van der Waals surface area contributed by atoms with Crippen LogP contribution >= 0.6 is 0 Å². The predicted molar refractivity (Wildman–Crippen MR) is 114 cm³/mol. The van der Waals surface area contributed by atoms with Gasteiger partial charge in [-0.2, -0.15) is 0 Å². The van der Waals surface area contributed by atoms with Crippen molar-refractivity contribution in [2.75, 3.05) is 33.4 Å². The molecule has 1 aliphatic rings. The Labute approximate surface area is 170 Å². The van der Waals surface area contributed by atoms with E-state index in [-0.39, 0.29) is 5.91 Å². The van der Waals surface area contributed by atoms with Crippen LogP contribution in [0.2, 0.25) is 0 Å². The van der Waals surface area contributed by atoms with E-state index in [1.54, 1.807) is 19.4 Å². The predicted octanol–water partition coefficient (Wildman–Crippen LogP) is 4.68. The van der Waals surface area contributed by atoms with E-state index in [1.807, 2.05) is 24.0 Å². The summed E-state index contributed by atoms with van der Waals surface area (Å²) in [6.07, 6.45) is 3.46. The number of carbonyl (C=O) groups excluding carboxylic acids is 1. The van der Waals surface area contributed by atoms with Crippen LogP contribution in [0, 0.1) is 6.92 Å². The maximum atomic E-state index is 12.7. The number of allylic oxidation sites excluding steroid dienone is 1.